The highest BCUT2D eigenvalue weighted by Crippen LogP contribution is 2.29. The van der Waals surface area contributed by atoms with Gasteiger partial charge in [0.25, 0.3) is 0 Å². The van der Waals surface area contributed by atoms with Gasteiger partial charge in [0, 0.05) is 44.5 Å². The number of pyridine rings is 1. The van der Waals surface area contributed by atoms with Gasteiger partial charge in [0.1, 0.15) is 0 Å². The Morgan fingerprint density at radius 2 is 1.92 bits per heavy atom. The first-order valence-electron chi connectivity index (χ1n) is 9.08. The van der Waals surface area contributed by atoms with Crippen LogP contribution in [0.2, 0.25) is 0 Å². The van der Waals surface area contributed by atoms with Crippen LogP contribution < -0.4 is 4.90 Å². The highest BCUT2D eigenvalue weighted by Gasteiger charge is 2.21. The van der Waals surface area contributed by atoms with Crippen molar-refractivity contribution in [2.24, 2.45) is 0 Å². The molecule has 0 unspecified atom stereocenters. The molecule has 0 atom stereocenters. The number of hydrogen-bond donors (Lipinski definition) is 0. The van der Waals surface area contributed by atoms with Crippen LogP contribution in [-0.2, 0) is 11.2 Å². The fourth-order valence-corrected chi connectivity index (χ4v) is 4.31. The van der Waals surface area contributed by atoms with Crippen LogP contribution in [0.25, 0.3) is 10.2 Å². The number of hydrogen-bond acceptors (Lipinski definition) is 5. The summed E-state index contributed by atoms with van der Waals surface area (Å²) in [5, 5.41) is 1.06. The van der Waals surface area contributed by atoms with Crippen molar-refractivity contribution in [2.45, 2.75) is 19.3 Å². The second-order valence-corrected chi connectivity index (χ2v) is 7.52. The predicted octanol–water partition coefficient (Wildman–Crippen LogP) is 3.36. The molecule has 3 aromatic rings. The summed E-state index contributed by atoms with van der Waals surface area (Å²) in [6.07, 6.45) is 3.99. The molecule has 1 aliphatic heterocycles. The molecule has 5 nitrogen and oxygen atoms in total. The van der Waals surface area contributed by atoms with E-state index in [9.17, 15) is 4.79 Å². The van der Waals surface area contributed by atoms with Crippen molar-refractivity contribution in [3.8, 4) is 0 Å². The number of amides is 1. The average Bonchev–Trinajstić information content (AvgIpc) is 2.96. The SMILES string of the molecule is O=C(CCc1ccccn1)N1CCCN(c2nc3ccccc3s2)CC1. The second kappa shape index (κ2) is 7.83. The molecular weight excluding hydrogens is 344 g/mol. The Hall–Kier alpha value is -2.47. The second-order valence-electron chi connectivity index (χ2n) is 6.51. The molecule has 0 aliphatic carbocycles. The molecule has 4 rings (SSSR count). The molecule has 1 aliphatic rings. The summed E-state index contributed by atoms with van der Waals surface area (Å²) in [4.78, 5) is 25.9. The Kier molecular flexibility index (Phi) is 5.11. The third-order valence-electron chi connectivity index (χ3n) is 4.72. The van der Waals surface area contributed by atoms with Gasteiger partial charge in [-0.05, 0) is 37.1 Å². The maximum atomic E-state index is 12.6. The molecule has 0 saturated carbocycles. The number of carbonyl (C=O) groups is 1. The first-order chi connectivity index (χ1) is 12.8. The molecule has 0 bridgehead atoms. The van der Waals surface area contributed by atoms with E-state index in [0.717, 1.165) is 48.9 Å². The fraction of sp³-hybridized carbons (Fsp3) is 0.350. The first kappa shape index (κ1) is 17.0. The molecule has 134 valence electrons. The van der Waals surface area contributed by atoms with Gasteiger partial charge < -0.3 is 9.80 Å². The van der Waals surface area contributed by atoms with E-state index < -0.39 is 0 Å². The minimum Gasteiger partial charge on any atom is -0.346 e. The average molecular weight is 366 g/mol. The van der Waals surface area contributed by atoms with E-state index in [1.807, 2.05) is 29.2 Å². The standard InChI is InChI=1S/C20H22N4OS/c25-19(10-9-16-6-3-4-11-21-16)23-12-5-13-24(15-14-23)20-22-17-7-1-2-8-18(17)26-20/h1-4,6-8,11H,5,9-10,12-15H2. The molecule has 1 amide bonds. The largest absolute Gasteiger partial charge is 0.346 e. The van der Waals surface area contributed by atoms with Gasteiger partial charge in [0.05, 0.1) is 10.2 Å². The van der Waals surface area contributed by atoms with E-state index in [1.165, 1.54) is 4.70 Å². The lowest BCUT2D eigenvalue weighted by molar-refractivity contribution is -0.130. The van der Waals surface area contributed by atoms with E-state index in [2.05, 4.69) is 28.1 Å². The van der Waals surface area contributed by atoms with Crippen LogP contribution in [0, 0.1) is 0 Å². The molecule has 0 radical (unpaired) electrons. The smallest absolute Gasteiger partial charge is 0.223 e. The van der Waals surface area contributed by atoms with E-state index in [4.69, 9.17) is 4.98 Å². The van der Waals surface area contributed by atoms with Crippen molar-refractivity contribution >= 4 is 32.6 Å². The van der Waals surface area contributed by atoms with Gasteiger partial charge in [0.15, 0.2) is 5.13 Å². The molecule has 3 heterocycles. The number of aryl methyl sites for hydroxylation is 1. The molecule has 26 heavy (non-hydrogen) atoms. The zero-order valence-electron chi connectivity index (χ0n) is 14.7. The Balaban J connectivity index is 1.36. The molecule has 1 fully saturated rings. The lowest BCUT2D eigenvalue weighted by Crippen LogP contribution is -2.35. The Labute approximate surface area is 157 Å². The maximum Gasteiger partial charge on any atom is 0.223 e. The van der Waals surface area contributed by atoms with Crippen molar-refractivity contribution < 1.29 is 4.79 Å². The van der Waals surface area contributed by atoms with Gasteiger partial charge in [0.2, 0.25) is 5.91 Å². The van der Waals surface area contributed by atoms with Gasteiger partial charge in [-0.25, -0.2) is 4.98 Å². The number of benzene rings is 1. The normalized spacial score (nSPS) is 15.2. The third kappa shape index (κ3) is 3.85. The summed E-state index contributed by atoms with van der Waals surface area (Å²) in [5.74, 6) is 0.224. The van der Waals surface area contributed by atoms with Crippen LogP contribution in [0.3, 0.4) is 0 Å². The summed E-state index contributed by atoms with van der Waals surface area (Å²) in [6, 6.07) is 14.1. The summed E-state index contributed by atoms with van der Waals surface area (Å²) in [5.41, 5.74) is 2.03. The number of rotatable bonds is 4. The highest BCUT2D eigenvalue weighted by molar-refractivity contribution is 7.22. The molecule has 1 aromatic carbocycles. The van der Waals surface area contributed by atoms with Gasteiger partial charge in [-0.3, -0.25) is 9.78 Å². The van der Waals surface area contributed by atoms with E-state index >= 15 is 0 Å². The molecular formula is C20H22N4OS. The number of fused-ring (bicyclic) bond motifs is 1. The molecule has 0 spiro atoms. The van der Waals surface area contributed by atoms with Crippen molar-refractivity contribution in [3.63, 3.8) is 0 Å². The quantitative estimate of drug-likeness (QED) is 0.710. The van der Waals surface area contributed by atoms with Crippen LogP contribution in [0.15, 0.2) is 48.7 Å². The van der Waals surface area contributed by atoms with Crippen LogP contribution in [0.5, 0.6) is 0 Å². The number of thiazole rings is 1. The van der Waals surface area contributed by atoms with Crippen LogP contribution in [0.4, 0.5) is 5.13 Å². The molecule has 1 saturated heterocycles. The number of anilines is 1. The zero-order valence-corrected chi connectivity index (χ0v) is 15.5. The van der Waals surface area contributed by atoms with Crippen LogP contribution in [0.1, 0.15) is 18.5 Å². The topological polar surface area (TPSA) is 49.3 Å². The lowest BCUT2D eigenvalue weighted by atomic mass is 10.2. The number of carbonyl (C=O) groups excluding carboxylic acids is 1. The van der Waals surface area contributed by atoms with Crippen molar-refractivity contribution in [2.75, 3.05) is 31.1 Å². The van der Waals surface area contributed by atoms with E-state index in [-0.39, 0.29) is 5.91 Å². The monoisotopic (exact) mass is 366 g/mol. The highest BCUT2D eigenvalue weighted by atomic mass is 32.1. The molecule has 6 heteroatoms. The summed E-state index contributed by atoms with van der Waals surface area (Å²) in [7, 11) is 0. The minimum absolute atomic E-state index is 0.224. The van der Waals surface area contributed by atoms with Crippen LogP contribution in [-0.4, -0.2) is 47.0 Å². The molecule has 2 aromatic heterocycles. The number of aromatic nitrogens is 2. The fourth-order valence-electron chi connectivity index (χ4n) is 3.29. The van der Waals surface area contributed by atoms with Gasteiger partial charge in [-0.15, -0.1) is 0 Å². The number of nitrogens with zero attached hydrogens (tertiary/aromatic N) is 4. The summed E-state index contributed by atoms with van der Waals surface area (Å²) in [6.45, 7) is 3.37. The van der Waals surface area contributed by atoms with Gasteiger partial charge in [-0.1, -0.05) is 29.5 Å². The van der Waals surface area contributed by atoms with E-state index in [0.29, 0.717) is 12.8 Å². The van der Waals surface area contributed by atoms with Crippen molar-refractivity contribution in [1.82, 2.24) is 14.9 Å². The zero-order chi connectivity index (χ0) is 17.8. The summed E-state index contributed by atoms with van der Waals surface area (Å²) >= 11 is 1.73. The van der Waals surface area contributed by atoms with Crippen molar-refractivity contribution in [1.29, 1.82) is 0 Å². The predicted molar refractivity (Wildman–Crippen MR) is 106 cm³/mol. The Morgan fingerprint density at radius 3 is 2.77 bits per heavy atom. The lowest BCUT2D eigenvalue weighted by Gasteiger charge is -2.21. The summed E-state index contributed by atoms with van der Waals surface area (Å²) < 4.78 is 1.22. The van der Waals surface area contributed by atoms with Crippen molar-refractivity contribution in [3.05, 3.63) is 54.4 Å². The molecule has 0 N–H and O–H groups in total. The van der Waals surface area contributed by atoms with E-state index in [1.54, 1.807) is 17.5 Å². The van der Waals surface area contributed by atoms with Crippen LogP contribution >= 0.6 is 11.3 Å². The van der Waals surface area contributed by atoms with Gasteiger partial charge in [-0.2, -0.15) is 0 Å². The minimum atomic E-state index is 0.224. The maximum absolute atomic E-state index is 12.6. The number of para-hydroxylation sites is 1. The first-order valence-corrected chi connectivity index (χ1v) is 9.89. The third-order valence-corrected chi connectivity index (χ3v) is 5.82. The Morgan fingerprint density at radius 1 is 1.04 bits per heavy atom. The Bertz CT molecular complexity index is 847. The van der Waals surface area contributed by atoms with Gasteiger partial charge >= 0.3 is 0 Å².